The lowest BCUT2D eigenvalue weighted by molar-refractivity contribution is 0.101. The van der Waals surface area contributed by atoms with Crippen molar-refractivity contribution < 1.29 is 14.3 Å². The Labute approximate surface area is 202 Å². The Hall–Kier alpha value is -2.66. The van der Waals surface area contributed by atoms with Gasteiger partial charge in [-0.05, 0) is 58.2 Å². The first kappa shape index (κ1) is 24.0. The second kappa shape index (κ2) is 10.3. The summed E-state index contributed by atoms with van der Waals surface area (Å²) in [5.41, 5.74) is 4.74. The molecule has 0 fully saturated rings. The topological polar surface area (TPSA) is 101 Å². The highest BCUT2D eigenvalue weighted by Crippen LogP contribution is 2.28. The number of aromatic nitrogens is 3. The van der Waals surface area contributed by atoms with Gasteiger partial charge in [0.1, 0.15) is 10.3 Å². The van der Waals surface area contributed by atoms with Crippen molar-refractivity contribution in [3.8, 4) is 5.82 Å². The number of ether oxygens (including phenoxy) is 1. The van der Waals surface area contributed by atoms with Gasteiger partial charge in [-0.25, -0.2) is 19.5 Å². The van der Waals surface area contributed by atoms with Crippen LogP contribution in [0.1, 0.15) is 21.6 Å². The maximum Gasteiger partial charge on any atom is 0.421 e. The molecule has 0 unspecified atom stereocenters. The first-order chi connectivity index (χ1) is 15.2. The van der Waals surface area contributed by atoms with Gasteiger partial charge in [0.2, 0.25) is 0 Å². The molecule has 2 N–H and O–H groups in total. The van der Waals surface area contributed by atoms with Crippen LogP contribution in [-0.4, -0.2) is 45.9 Å². The maximum atomic E-state index is 13.2. The SMILES string of the molecule is COC(=O)NN(C)Cc1cc(Cl)cc(C)c1NC(=O)c1cc(Br)nn1-c1ncccc1Cl. The zero-order valence-corrected chi connectivity index (χ0v) is 20.4. The van der Waals surface area contributed by atoms with Gasteiger partial charge in [0, 0.05) is 36.6 Å². The van der Waals surface area contributed by atoms with Crippen molar-refractivity contribution in [3.05, 3.63) is 68.0 Å². The summed E-state index contributed by atoms with van der Waals surface area (Å²) >= 11 is 15.8. The molecule has 1 aromatic carbocycles. The molecule has 0 saturated carbocycles. The number of hydrogen-bond acceptors (Lipinski definition) is 6. The number of benzene rings is 1. The van der Waals surface area contributed by atoms with Crippen LogP contribution in [0, 0.1) is 6.92 Å². The third kappa shape index (κ3) is 5.57. The highest BCUT2D eigenvalue weighted by molar-refractivity contribution is 9.10. The van der Waals surface area contributed by atoms with Gasteiger partial charge in [0.15, 0.2) is 5.82 Å². The van der Waals surface area contributed by atoms with Crippen molar-refractivity contribution >= 4 is 56.8 Å². The number of carbonyl (C=O) groups excluding carboxylic acids is 2. The summed E-state index contributed by atoms with van der Waals surface area (Å²) in [6.45, 7) is 2.07. The van der Waals surface area contributed by atoms with Crippen LogP contribution in [0.5, 0.6) is 0 Å². The Morgan fingerprint density at radius 3 is 2.72 bits per heavy atom. The van der Waals surface area contributed by atoms with Gasteiger partial charge in [0.25, 0.3) is 5.91 Å². The quantitative estimate of drug-likeness (QED) is 0.442. The van der Waals surface area contributed by atoms with Gasteiger partial charge < -0.3 is 10.1 Å². The van der Waals surface area contributed by atoms with E-state index in [9.17, 15) is 9.59 Å². The highest BCUT2D eigenvalue weighted by atomic mass is 79.9. The molecule has 0 radical (unpaired) electrons. The van der Waals surface area contributed by atoms with Crippen LogP contribution in [-0.2, 0) is 11.3 Å². The van der Waals surface area contributed by atoms with Crippen molar-refractivity contribution in [2.75, 3.05) is 19.5 Å². The number of nitrogens with zero attached hydrogens (tertiary/aromatic N) is 4. The number of hydrogen-bond donors (Lipinski definition) is 2. The van der Waals surface area contributed by atoms with E-state index < -0.39 is 12.0 Å². The second-order valence-corrected chi connectivity index (χ2v) is 8.40. The van der Waals surface area contributed by atoms with Gasteiger partial charge in [-0.2, -0.15) is 5.10 Å². The Kier molecular flexibility index (Phi) is 7.73. The lowest BCUT2D eigenvalue weighted by atomic mass is 10.1. The van der Waals surface area contributed by atoms with Crippen LogP contribution in [0.2, 0.25) is 10.0 Å². The molecule has 2 aromatic heterocycles. The summed E-state index contributed by atoms with van der Waals surface area (Å²) in [7, 11) is 2.93. The molecule has 0 atom stereocenters. The standard InChI is InChI=1S/C20H19BrCl2N6O3/c1-11-7-13(22)8-12(10-28(2)27-20(31)32-3)17(11)25-19(30)15-9-16(21)26-29(15)18-14(23)5-4-6-24-18/h4-9H,10H2,1-3H3,(H,25,30)(H,27,31). The normalized spacial score (nSPS) is 10.8. The van der Waals surface area contributed by atoms with E-state index in [1.807, 2.05) is 6.92 Å². The van der Waals surface area contributed by atoms with Crippen LogP contribution in [0.3, 0.4) is 0 Å². The van der Waals surface area contributed by atoms with Crippen LogP contribution in [0.25, 0.3) is 5.82 Å². The molecule has 0 saturated heterocycles. The molecule has 0 bridgehead atoms. The molecule has 0 aliphatic rings. The van der Waals surface area contributed by atoms with Gasteiger partial charge in [0.05, 0.1) is 12.1 Å². The first-order valence-electron chi connectivity index (χ1n) is 9.22. The summed E-state index contributed by atoms with van der Waals surface area (Å²) < 4.78 is 6.41. The monoisotopic (exact) mass is 540 g/mol. The van der Waals surface area contributed by atoms with Gasteiger partial charge >= 0.3 is 6.09 Å². The predicted molar refractivity (Wildman–Crippen MR) is 125 cm³/mol. The predicted octanol–water partition coefficient (Wildman–Crippen LogP) is 4.60. The van der Waals surface area contributed by atoms with E-state index >= 15 is 0 Å². The van der Waals surface area contributed by atoms with Crippen molar-refractivity contribution in [3.63, 3.8) is 0 Å². The lowest BCUT2D eigenvalue weighted by Crippen LogP contribution is -2.38. The number of rotatable bonds is 6. The van der Waals surface area contributed by atoms with Crippen LogP contribution >= 0.6 is 39.1 Å². The van der Waals surface area contributed by atoms with Crippen molar-refractivity contribution in [1.29, 1.82) is 0 Å². The number of amides is 2. The number of pyridine rings is 1. The van der Waals surface area contributed by atoms with E-state index in [2.05, 4.69) is 41.5 Å². The smallest absolute Gasteiger partial charge is 0.421 e. The molecule has 0 aliphatic carbocycles. The number of halogens is 3. The third-order valence-corrected chi connectivity index (χ3v) is 5.25. The molecule has 0 aliphatic heterocycles. The highest BCUT2D eigenvalue weighted by Gasteiger charge is 2.21. The first-order valence-corrected chi connectivity index (χ1v) is 10.8. The number of carbonyl (C=O) groups is 2. The fourth-order valence-corrected chi connectivity index (χ4v) is 3.87. The molecule has 9 nitrogen and oxygen atoms in total. The molecular formula is C20H19BrCl2N6O3. The molecule has 2 amide bonds. The van der Waals surface area contributed by atoms with Gasteiger partial charge in [-0.1, -0.05) is 23.2 Å². The van der Waals surface area contributed by atoms with E-state index in [4.69, 9.17) is 23.2 Å². The summed E-state index contributed by atoms with van der Waals surface area (Å²) in [5, 5.41) is 9.56. The Morgan fingerprint density at radius 1 is 1.28 bits per heavy atom. The van der Waals surface area contributed by atoms with E-state index in [1.54, 1.807) is 43.6 Å². The molecular weight excluding hydrogens is 523 g/mol. The summed E-state index contributed by atoms with van der Waals surface area (Å²) in [6, 6.07) is 8.36. The average molecular weight is 542 g/mol. The minimum absolute atomic E-state index is 0.221. The van der Waals surface area contributed by atoms with Gasteiger partial charge in [-0.3, -0.25) is 10.2 Å². The molecule has 168 valence electrons. The third-order valence-electron chi connectivity index (χ3n) is 4.35. The molecule has 0 spiro atoms. The fourth-order valence-electron chi connectivity index (χ4n) is 3.00. The van der Waals surface area contributed by atoms with E-state index in [0.29, 0.717) is 31.7 Å². The zero-order chi connectivity index (χ0) is 23.4. The number of aryl methyl sites for hydroxylation is 1. The molecule has 12 heteroatoms. The number of anilines is 1. The Bertz CT molecular complexity index is 1170. The molecule has 3 rings (SSSR count). The molecule has 2 heterocycles. The maximum absolute atomic E-state index is 13.2. The van der Waals surface area contributed by atoms with Crippen molar-refractivity contribution in [2.45, 2.75) is 13.5 Å². The van der Waals surface area contributed by atoms with E-state index in [-0.39, 0.29) is 12.2 Å². The Balaban J connectivity index is 1.94. The van der Waals surface area contributed by atoms with E-state index in [1.165, 1.54) is 16.8 Å². The van der Waals surface area contributed by atoms with Crippen molar-refractivity contribution in [1.82, 2.24) is 25.2 Å². The van der Waals surface area contributed by atoms with Crippen LogP contribution in [0.15, 0.2) is 41.1 Å². The average Bonchev–Trinajstić information content (AvgIpc) is 3.12. The lowest BCUT2D eigenvalue weighted by Gasteiger charge is -2.21. The van der Waals surface area contributed by atoms with Crippen molar-refractivity contribution in [2.24, 2.45) is 0 Å². The zero-order valence-electron chi connectivity index (χ0n) is 17.3. The van der Waals surface area contributed by atoms with Crippen LogP contribution < -0.4 is 10.7 Å². The fraction of sp³-hybridized carbons (Fsp3) is 0.200. The summed E-state index contributed by atoms with van der Waals surface area (Å²) in [4.78, 5) is 29.0. The Morgan fingerprint density at radius 2 is 2.03 bits per heavy atom. The largest absolute Gasteiger partial charge is 0.452 e. The minimum Gasteiger partial charge on any atom is -0.452 e. The summed E-state index contributed by atoms with van der Waals surface area (Å²) in [6.07, 6.45) is 0.946. The van der Waals surface area contributed by atoms with Gasteiger partial charge in [-0.15, -0.1) is 0 Å². The number of methoxy groups -OCH3 is 1. The number of nitrogens with one attached hydrogen (secondary N) is 2. The number of hydrazine groups is 1. The second-order valence-electron chi connectivity index (χ2n) is 6.74. The van der Waals surface area contributed by atoms with E-state index in [0.717, 1.165) is 5.56 Å². The minimum atomic E-state index is -0.613. The molecule has 3 aromatic rings. The molecule has 32 heavy (non-hydrogen) atoms. The van der Waals surface area contributed by atoms with Crippen LogP contribution in [0.4, 0.5) is 10.5 Å². The summed E-state index contributed by atoms with van der Waals surface area (Å²) in [5.74, 6) is -0.111.